The molecule has 8 nitrogen and oxygen atoms in total. The van der Waals surface area contributed by atoms with Crippen molar-refractivity contribution in [3.8, 4) is 22.8 Å². The van der Waals surface area contributed by atoms with Gasteiger partial charge in [0, 0.05) is 37.0 Å². The lowest BCUT2D eigenvalue weighted by Crippen LogP contribution is -2.34. The first-order valence-corrected chi connectivity index (χ1v) is 13.1. The Hall–Kier alpha value is -3.39. The summed E-state index contributed by atoms with van der Waals surface area (Å²) in [6.07, 6.45) is 10.6. The van der Waals surface area contributed by atoms with E-state index in [-0.39, 0.29) is 11.2 Å². The van der Waals surface area contributed by atoms with E-state index in [1.807, 2.05) is 42.1 Å². The average Bonchev–Trinajstić information content (AvgIpc) is 3.67. The van der Waals surface area contributed by atoms with E-state index in [1.54, 1.807) is 10.8 Å². The third-order valence-electron chi connectivity index (χ3n) is 8.16. The van der Waals surface area contributed by atoms with Crippen LogP contribution in [-0.4, -0.2) is 56.9 Å². The topological polar surface area (TPSA) is 74.4 Å². The highest BCUT2D eigenvalue weighted by Gasteiger charge is 2.49. The van der Waals surface area contributed by atoms with Gasteiger partial charge in [0.05, 0.1) is 40.3 Å². The zero-order valence-corrected chi connectivity index (χ0v) is 20.7. The fraction of sp³-hybridized carbons (Fsp3) is 0.464. The number of hydrogen-bond acceptors (Lipinski definition) is 6. The van der Waals surface area contributed by atoms with E-state index in [0.717, 1.165) is 64.6 Å². The maximum atomic E-state index is 13.2. The summed E-state index contributed by atoms with van der Waals surface area (Å²) in [6.45, 7) is 4.67. The molecule has 0 bridgehead atoms. The molecule has 7 rings (SSSR count). The van der Waals surface area contributed by atoms with Crippen LogP contribution in [0.4, 0.5) is 0 Å². The number of nitrogens with zero attached hydrogens (tertiary/aromatic N) is 5. The first-order valence-electron chi connectivity index (χ1n) is 13.1. The molecule has 1 spiro atoms. The minimum Gasteiger partial charge on any atom is -0.490 e. The summed E-state index contributed by atoms with van der Waals surface area (Å²) in [5.74, 6) is 1.42. The smallest absolute Gasteiger partial charge is 0.329 e. The third kappa shape index (κ3) is 3.42. The molecule has 1 saturated heterocycles. The lowest BCUT2D eigenvalue weighted by atomic mass is 10.0. The number of fused-ring (bicyclic) bond motifs is 1. The Morgan fingerprint density at radius 3 is 2.69 bits per heavy atom. The summed E-state index contributed by atoms with van der Waals surface area (Å²) < 4.78 is 16.1. The Bertz CT molecular complexity index is 1510. The van der Waals surface area contributed by atoms with E-state index in [9.17, 15) is 4.79 Å². The van der Waals surface area contributed by atoms with Gasteiger partial charge in [0.25, 0.3) is 0 Å². The Kier molecular flexibility index (Phi) is 5.06. The monoisotopic (exact) mass is 485 g/mol. The van der Waals surface area contributed by atoms with Gasteiger partial charge >= 0.3 is 5.69 Å². The van der Waals surface area contributed by atoms with Gasteiger partial charge < -0.3 is 14.4 Å². The molecule has 3 aliphatic rings. The molecule has 5 heterocycles. The van der Waals surface area contributed by atoms with E-state index < -0.39 is 0 Å². The number of pyridine rings is 2. The van der Waals surface area contributed by atoms with Crippen LogP contribution in [0.5, 0.6) is 11.6 Å². The molecule has 0 amide bonds. The zero-order valence-electron chi connectivity index (χ0n) is 20.7. The summed E-state index contributed by atoms with van der Waals surface area (Å²) in [4.78, 5) is 25.0. The molecule has 2 fully saturated rings. The normalized spacial score (nSPS) is 18.6. The Morgan fingerprint density at radius 2 is 1.92 bits per heavy atom. The second-order valence-electron chi connectivity index (χ2n) is 10.5. The second-order valence-corrected chi connectivity index (χ2v) is 10.5. The van der Waals surface area contributed by atoms with E-state index in [2.05, 4.69) is 14.9 Å². The Labute approximate surface area is 209 Å². The number of rotatable bonds is 6. The molecular weight excluding hydrogens is 454 g/mol. The second kappa shape index (κ2) is 8.34. The molecule has 0 N–H and O–H groups in total. The van der Waals surface area contributed by atoms with Crippen LogP contribution in [0, 0.1) is 0 Å². The minimum atomic E-state index is -0.259. The van der Waals surface area contributed by atoms with Gasteiger partial charge in [0.2, 0.25) is 5.88 Å². The quantitative estimate of drug-likeness (QED) is 0.383. The van der Waals surface area contributed by atoms with Gasteiger partial charge in [-0.1, -0.05) is 6.42 Å². The number of benzene rings is 1. The van der Waals surface area contributed by atoms with Crippen LogP contribution in [0.25, 0.3) is 33.1 Å². The summed E-state index contributed by atoms with van der Waals surface area (Å²) in [5.41, 5.74) is 4.27. The molecule has 1 aliphatic carbocycles. The molecule has 0 atom stereocenters. The van der Waals surface area contributed by atoms with Gasteiger partial charge in [-0.15, -0.1) is 0 Å². The number of piperidine rings is 1. The zero-order chi connectivity index (χ0) is 24.3. The van der Waals surface area contributed by atoms with Gasteiger partial charge in [0.1, 0.15) is 12.4 Å². The van der Waals surface area contributed by atoms with Crippen molar-refractivity contribution < 1.29 is 9.47 Å². The van der Waals surface area contributed by atoms with Crippen molar-refractivity contribution in [2.24, 2.45) is 7.05 Å². The molecule has 1 aromatic carbocycles. The molecule has 36 heavy (non-hydrogen) atoms. The predicted octanol–water partition coefficient (Wildman–Crippen LogP) is 4.09. The van der Waals surface area contributed by atoms with Crippen LogP contribution in [0.2, 0.25) is 0 Å². The third-order valence-corrected chi connectivity index (χ3v) is 8.16. The summed E-state index contributed by atoms with van der Waals surface area (Å²) in [5, 5.41) is 0.907. The number of hydrogen-bond donors (Lipinski definition) is 0. The molecule has 3 aromatic heterocycles. The summed E-state index contributed by atoms with van der Waals surface area (Å²) >= 11 is 0. The summed E-state index contributed by atoms with van der Waals surface area (Å²) in [7, 11) is 1.83. The maximum Gasteiger partial charge on any atom is 0.329 e. The van der Waals surface area contributed by atoms with Crippen LogP contribution < -0.4 is 15.2 Å². The molecule has 8 heteroatoms. The van der Waals surface area contributed by atoms with E-state index in [0.29, 0.717) is 19.1 Å². The molecule has 1 saturated carbocycles. The van der Waals surface area contributed by atoms with Crippen molar-refractivity contribution in [3.05, 3.63) is 47.1 Å². The predicted molar refractivity (Wildman–Crippen MR) is 139 cm³/mol. The fourth-order valence-corrected chi connectivity index (χ4v) is 5.92. The lowest BCUT2D eigenvalue weighted by Gasteiger charge is -2.26. The van der Waals surface area contributed by atoms with Crippen molar-refractivity contribution in [2.45, 2.75) is 44.1 Å². The van der Waals surface area contributed by atoms with Gasteiger partial charge in [-0.2, -0.15) is 0 Å². The van der Waals surface area contributed by atoms with Gasteiger partial charge in [-0.3, -0.25) is 14.1 Å². The number of aryl methyl sites for hydroxylation is 1. The van der Waals surface area contributed by atoms with Crippen LogP contribution in [0.15, 0.2) is 41.5 Å². The lowest BCUT2D eigenvalue weighted by molar-refractivity contribution is 0.203. The van der Waals surface area contributed by atoms with Gasteiger partial charge in [0.15, 0.2) is 0 Å². The Morgan fingerprint density at radius 1 is 1.06 bits per heavy atom. The van der Waals surface area contributed by atoms with E-state index in [1.165, 1.54) is 32.4 Å². The molecule has 0 unspecified atom stereocenters. The van der Waals surface area contributed by atoms with Gasteiger partial charge in [-0.25, -0.2) is 9.78 Å². The van der Waals surface area contributed by atoms with Crippen molar-refractivity contribution in [1.82, 2.24) is 24.0 Å². The SMILES string of the molecule is Cn1c(=O)n2c3c4c(c(-c5ccc(OCCCN6CCCCC6)nc5)ccc4ncc31)OCC21CC1. The van der Waals surface area contributed by atoms with Crippen LogP contribution in [0.1, 0.15) is 38.5 Å². The first kappa shape index (κ1) is 21.9. The molecule has 4 aromatic rings. The number of imidazole rings is 1. The largest absolute Gasteiger partial charge is 0.490 e. The van der Waals surface area contributed by atoms with Gasteiger partial charge in [-0.05, 0) is 63.4 Å². The standard InChI is InChI=1S/C28H31N5O3/c1-31-22-17-29-21-8-7-20(26-24(21)25(22)33(27(31)34)28(10-11-28)18-36-26)19-6-9-23(30-16-19)35-15-5-14-32-12-3-2-4-13-32/h6-9,16-17H,2-5,10-15,18H2,1H3. The molecule has 0 radical (unpaired) electrons. The highest BCUT2D eigenvalue weighted by atomic mass is 16.5. The molecule has 2 aliphatic heterocycles. The molecule has 186 valence electrons. The Balaban J connectivity index is 1.19. The van der Waals surface area contributed by atoms with Crippen LogP contribution in [-0.2, 0) is 12.6 Å². The van der Waals surface area contributed by atoms with E-state index in [4.69, 9.17) is 9.47 Å². The van der Waals surface area contributed by atoms with Crippen molar-refractivity contribution >= 4 is 21.9 Å². The minimum absolute atomic E-state index is 0.00195. The van der Waals surface area contributed by atoms with E-state index >= 15 is 0 Å². The number of ether oxygens (including phenoxy) is 2. The fourth-order valence-electron chi connectivity index (χ4n) is 5.92. The number of likely N-dealkylation sites (tertiary alicyclic amines) is 1. The average molecular weight is 486 g/mol. The number of aromatic nitrogens is 4. The molecular formula is C28H31N5O3. The first-order chi connectivity index (χ1) is 17.6. The van der Waals surface area contributed by atoms with Crippen LogP contribution in [0.3, 0.4) is 0 Å². The highest BCUT2D eigenvalue weighted by Crippen LogP contribution is 2.50. The summed E-state index contributed by atoms with van der Waals surface area (Å²) in [6, 6.07) is 8.03. The van der Waals surface area contributed by atoms with Crippen LogP contribution >= 0.6 is 0 Å². The van der Waals surface area contributed by atoms with Crippen molar-refractivity contribution in [3.63, 3.8) is 0 Å². The highest BCUT2D eigenvalue weighted by molar-refractivity contribution is 6.09. The maximum absolute atomic E-state index is 13.2. The van der Waals surface area contributed by atoms with Crippen molar-refractivity contribution in [2.75, 3.05) is 32.8 Å². The van der Waals surface area contributed by atoms with Crippen molar-refractivity contribution in [1.29, 1.82) is 0 Å².